The molecule has 0 aliphatic carbocycles. The van der Waals surface area contributed by atoms with Gasteiger partial charge in [-0.05, 0) is 38.5 Å². The van der Waals surface area contributed by atoms with E-state index < -0.39 is 0 Å². The molecule has 0 aromatic carbocycles. The first-order chi connectivity index (χ1) is 10.2. The van der Waals surface area contributed by atoms with Crippen molar-refractivity contribution in [3.63, 3.8) is 0 Å². The van der Waals surface area contributed by atoms with Crippen molar-refractivity contribution in [2.45, 2.75) is 26.3 Å². The zero-order valence-electron chi connectivity index (χ0n) is 12.7. The quantitative estimate of drug-likeness (QED) is 0.920. The number of thiazole rings is 1. The summed E-state index contributed by atoms with van der Waals surface area (Å²) in [7, 11) is 1.67. The number of aromatic nitrogens is 1. The molecular weight excluding hydrogens is 282 g/mol. The lowest BCUT2D eigenvalue weighted by Crippen LogP contribution is -2.09. The number of anilines is 1. The summed E-state index contributed by atoms with van der Waals surface area (Å²) in [5.41, 5.74) is 1.82. The minimum absolute atomic E-state index is 0.378. The van der Waals surface area contributed by atoms with Crippen LogP contribution in [-0.4, -0.2) is 30.4 Å². The van der Waals surface area contributed by atoms with Crippen LogP contribution in [0.25, 0.3) is 0 Å². The van der Waals surface area contributed by atoms with E-state index in [1.54, 1.807) is 18.4 Å². The minimum atomic E-state index is 0.378. The van der Waals surface area contributed by atoms with Crippen molar-refractivity contribution in [3.05, 3.63) is 47.2 Å². The van der Waals surface area contributed by atoms with Gasteiger partial charge in [-0.2, -0.15) is 0 Å². The predicted octanol–water partition coefficient (Wildman–Crippen LogP) is 3.80. The third kappa shape index (κ3) is 4.86. The fourth-order valence-corrected chi connectivity index (χ4v) is 2.67. The molecule has 1 aliphatic rings. The molecule has 0 fully saturated rings. The Hall–Kier alpha value is -1.88. The van der Waals surface area contributed by atoms with Gasteiger partial charge >= 0.3 is 0 Å². The van der Waals surface area contributed by atoms with E-state index in [0.717, 1.165) is 28.7 Å². The second kappa shape index (κ2) is 7.78. The summed E-state index contributed by atoms with van der Waals surface area (Å²) in [4.78, 5) is 9.20. The number of methoxy groups -OCH3 is 1. The number of hydrogen-bond donors (Lipinski definition) is 1. The van der Waals surface area contributed by atoms with Crippen LogP contribution in [0.1, 0.15) is 26.0 Å². The van der Waals surface area contributed by atoms with Gasteiger partial charge in [0.15, 0.2) is 5.13 Å². The highest BCUT2D eigenvalue weighted by atomic mass is 32.1. The largest absolute Gasteiger partial charge is 0.497 e. The summed E-state index contributed by atoms with van der Waals surface area (Å²) in [6.07, 6.45) is 11.0. The molecule has 5 heteroatoms. The van der Waals surface area contributed by atoms with E-state index in [1.807, 2.05) is 23.6 Å². The molecule has 0 atom stereocenters. The van der Waals surface area contributed by atoms with Crippen LogP contribution in [-0.2, 0) is 4.74 Å². The molecule has 1 N–H and O–H groups in total. The fourth-order valence-electron chi connectivity index (χ4n) is 1.82. The van der Waals surface area contributed by atoms with Crippen LogP contribution in [0.5, 0.6) is 0 Å². The monoisotopic (exact) mass is 303 g/mol. The molecule has 2 heterocycles. The number of rotatable bonds is 4. The third-order valence-electron chi connectivity index (χ3n) is 2.80. The Labute approximate surface area is 130 Å². The number of nitrogens with one attached hydrogen (secondary N) is 1. The van der Waals surface area contributed by atoms with E-state index in [1.165, 1.54) is 0 Å². The highest BCUT2D eigenvalue weighted by molar-refractivity contribution is 7.13. The first-order valence-corrected chi connectivity index (χ1v) is 7.91. The Kier molecular flexibility index (Phi) is 5.75. The first kappa shape index (κ1) is 15.5. The number of hydrogen-bond acceptors (Lipinski definition) is 5. The van der Waals surface area contributed by atoms with Gasteiger partial charge in [-0.1, -0.05) is 12.2 Å². The Morgan fingerprint density at radius 3 is 2.86 bits per heavy atom. The van der Waals surface area contributed by atoms with Crippen molar-refractivity contribution in [2.24, 2.45) is 4.99 Å². The van der Waals surface area contributed by atoms with Crippen LogP contribution in [0.4, 0.5) is 5.13 Å². The SMILES string of the molecule is COC1=C/CN=C(c2csc(NC(C)C)n2)/C=C\C/C=C\1. The molecule has 0 spiro atoms. The molecule has 0 saturated heterocycles. The van der Waals surface area contributed by atoms with E-state index >= 15 is 0 Å². The summed E-state index contributed by atoms with van der Waals surface area (Å²) in [6, 6.07) is 0.378. The maximum Gasteiger partial charge on any atom is 0.183 e. The van der Waals surface area contributed by atoms with Crippen LogP contribution in [0.3, 0.4) is 0 Å². The molecule has 112 valence electrons. The normalized spacial score (nSPS) is 21.1. The molecule has 0 unspecified atom stereocenters. The maximum absolute atomic E-state index is 5.27. The van der Waals surface area contributed by atoms with Gasteiger partial charge in [0.1, 0.15) is 11.5 Å². The molecular formula is C16H21N3OS. The molecule has 0 bridgehead atoms. The fraction of sp³-hybridized carbons (Fsp3) is 0.375. The number of allylic oxidation sites excluding steroid dienone is 4. The molecule has 0 radical (unpaired) electrons. The van der Waals surface area contributed by atoms with Crippen molar-refractivity contribution in [1.82, 2.24) is 4.98 Å². The standard InChI is InChI=1S/C16H21N3OS/c1-12(2)18-16-19-15(11-21-16)14-8-6-4-5-7-13(20-3)9-10-17-14/h5-9,11-12H,4,10H2,1-3H3,(H,18,19)/b7-5-,8-6-,13-9+,17-14?. The second-order valence-electron chi connectivity index (χ2n) is 4.91. The lowest BCUT2D eigenvalue weighted by atomic mass is 10.2. The third-order valence-corrected chi connectivity index (χ3v) is 3.57. The molecule has 2 rings (SSSR count). The van der Waals surface area contributed by atoms with Crippen LogP contribution in [0, 0.1) is 0 Å². The molecule has 0 saturated carbocycles. The Morgan fingerprint density at radius 1 is 1.29 bits per heavy atom. The Morgan fingerprint density at radius 2 is 2.10 bits per heavy atom. The number of aliphatic imine (C=N–C) groups is 1. The highest BCUT2D eigenvalue weighted by Crippen LogP contribution is 2.18. The maximum atomic E-state index is 5.27. The van der Waals surface area contributed by atoms with Gasteiger partial charge in [-0.15, -0.1) is 11.3 Å². The lowest BCUT2D eigenvalue weighted by Gasteiger charge is -2.04. The van der Waals surface area contributed by atoms with Gasteiger partial charge in [0, 0.05) is 11.4 Å². The Balaban J connectivity index is 2.18. The molecule has 1 aliphatic heterocycles. The Bertz CT molecular complexity index is 582. The topological polar surface area (TPSA) is 46.5 Å². The zero-order chi connectivity index (χ0) is 15.1. The highest BCUT2D eigenvalue weighted by Gasteiger charge is 2.07. The van der Waals surface area contributed by atoms with Crippen LogP contribution >= 0.6 is 11.3 Å². The van der Waals surface area contributed by atoms with Crippen molar-refractivity contribution < 1.29 is 4.74 Å². The van der Waals surface area contributed by atoms with Crippen molar-refractivity contribution in [2.75, 3.05) is 19.0 Å². The molecule has 4 nitrogen and oxygen atoms in total. The first-order valence-electron chi connectivity index (χ1n) is 7.03. The van der Waals surface area contributed by atoms with E-state index in [4.69, 9.17) is 4.74 Å². The molecule has 1 aromatic rings. The van der Waals surface area contributed by atoms with Gasteiger partial charge < -0.3 is 10.1 Å². The van der Waals surface area contributed by atoms with Crippen molar-refractivity contribution >= 4 is 22.2 Å². The van der Waals surface area contributed by atoms with Crippen LogP contribution < -0.4 is 5.32 Å². The van der Waals surface area contributed by atoms with Crippen molar-refractivity contribution in [3.8, 4) is 0 Å². The van der Waals surface area contributed by atoms with Crippen molar-refractivity contribution in [1.29, 1.82) is 0 Å². The van der Waals surface area contributed by atoms with E-state index in [-0.39, 0.29) is 0 Å². The van der Waals surface area contributed by atoms with E-state index in [9.17, 15) is 0 Å². The van der Waals surface area contributed by atoms with Gasteiger partial charge in [0.25, 0.3) is 0 Å². The lowest BCUT2D eigenvalue weighted by molar-refractivity contribution is 0.305. The van der Waals surface area contributed by atoms with Crippen LogP contribution in [0.2, 0.25) is 0 Å². The zero-order valence-corrected chi connectivity index (χ0v) is 13.5. The average Bonchev–Trinajstić information content (AvgIpc) is 2.91. The summed E-state index contributed by atoms with van der Waals surface area (Å²) in [6.45, 7) is 4.79. The summed E-state index contributed by atoms with van der Waals surface area (Å²) < 4.78 is 5.27. The second-order valence-corrected chi connectivity index (χ2v) is 5.77. The molecule has 21 heavy (non-hydrogen) atoms. The van der Waals surface area contributed by atoms with Crippen LogP contribution in [0.15, 0.2) is 46.5 Å². The number of nitrogens with zero attached hydrogens (tertiary/aromatic N) is 2. The summed E-state index contributed by atoms with van der Waals surface area (Å²) in [5, 5.41) is 6.29. The average molecular weight is 303 g/mol. The van der Waals surface area contributed by atoms with Gasteiger partial charge in [-0.25, -0.2) is 4.98 Å². The molecule has 0 amide bonds. The van der Waals surface area contributed by atoms with Gasteiger partial charge in [0.2, 0.25) is 0 Å². The van der Waals surface area contributed by atoms with Gasteiger partial charge in [-0.3, -0.25) is 4.99 Å². The number of ether oxygens (including phenoxy) is 1. The smallest absolute Gasteiger partial charge is 0.183 e. The van der Waals surface area contributed by atoms with E-state index in [2.05, 4.69) is 41.3 Å². The minimum Gasteiger partial charge on any atom is -0.497 e. The van der Waals surface area contributed by atoms with Gasteiger partial charge in [0.05, 0.1) is 19.4 Å². The van der Waals surface area contributed by atoms with E-state index in [0.29, 0.717) is 12.6 Å². The predicted molar refractivity (Wildman–Crippen MR) is 90.3 cm³/mol. The molecule has 1 aromatic heterocycles. The summed E-state index contributed by atoms with van der Waals surface area (Å²) in [5.74, 6) is 0.842. The summed E-state index contributed by atoms with van der Waals surface area (Å²) >= 11 is 1.61.